The van der Waals surface area contributed by atoms with Crippen molar-refractivity contribution in [2.75, 3.05) is 0 Å². The van der Waals surface area contributed by atoms with Crippen LogP contribution < -0.4 is 0 Å². The first-order chi connectivity index (χ1) is 22.1. The van der Waals surface area contributed by atoms with Gasteiger partial charge in [-0.2, -0.15) is 0 Å². The van der Waals surface area contributed by atoms with Gasteiger partial charge in [0, 0.05) is 10.8 Å². The fourth-order valence-corrected chi connectivity index (χ4v) is 7.03. The van der Waals surface area contributed by atoms with E-state index in [4.69, 9.17) is 5.79 Å². The molecule has 1 heterocycles. The molecule has 0 fully saturated rings. The number of rotatable bonds is 3. The first-order valence-corrected chi connectivity index (χ1v) is 15.1. The van der Waals surface area contributed by atoms with Gasteiger partial charge >= 0.3 is 0 Å². The van der Waals surface area contributed by atoms with E-state index in [2.05, 4.69) is 134 Å². The number of furan rings is 1. The fraction of sp³-hybridized carbons (Fsp3) is 0.0233. The van der Waals surface area contributed by atoms with E-state index >= 15 is 0 Å². The normalized spacial score (nSPS) is 12.1. The highest BCUT2D eigenvalue weighted by molar-refractivity contribution is 6.25. The predicted molar refractivity (Wildman–Crippen MR) is 187 cm³/mol. The molecule has 0 spiro atoms. The third-order valence-corrected chi connectivity index (χ3v) is 9.02. The number of fused-ring (bicyclic) bond motifs is 6. The number of aryl methyl sites for hydroxylation is 1. The molecular formula is C43H28O. The molecule has 8 aromatic carbocycles. The summed E-state index contributed by atoms with van der Waals surface area (Å²) in [6, 6.07) is 52.4. The molecule has 0 aliphatic carbocycles. The van der Waals surface area contributed by atoms with Gasteiger partial charge in [0.2, 0.25) is 0 Å². The second-order valence-electron chi connectivity index (χ2n) is 11.7. The number of benzene rings is 8. The Kier molecular flexibility index (Phi) is 5.25. The van der Waals surface area contributed by atoms with Crippen LogP contribution in [0.1, 0.15) is 6.93 Å². The summed E-state index contributed by atoms with van der Waals surface area (Å²) < 4.78 is 14.4. The molecule has 1 heteroatoms. The van der Waals surface area contributed by atoms with E-state index in [1.54, 1.807) is 0 Å². The van der Waals surface area contributed by atoms with Gasteiger partial charge in [-0.15, -0.1) is 0 Å². The van der Waals surface area contributed by atoms with E-state index in [-0.39, 0.29) is 0 Å². The van der Waals surface area contributed by atoms with Crippen LogP contribution in [0, 0.1) is 6.92 Å². The number of hydrogen-bond acceptors (Lipinski definition) is 1. The number of hydrogen-bond donors (Lipinski definition) is 0. The Morgan fingerprint density at radius 3 is 1.95 bits per heavy atom. The zero-order valence-corrected chi connectivity index (χ0v) is 24.3. The van der Waals surface area contributed by atoms with E-state index in [1.165, 1.54) is 60.5 Å². The van der Waals surface area contributed by atoms with E-state index in [0.717, 1.165) is 32.7 Å². The van der Waals surface area contributed by atoms with Crippen LogP contribution in [0.4, 0.5) is 0 Å². The minimum atomic E-state index is 0.534. The summed E-state index contributed by atoms with van der Waals surface area (Å²) >= 11 is 0. The van der Waals surface area contributed by atoms with Gasteiger partial charge in [-0.1, -0.05) is 127 Å². The lowest BCUT2D eigenvalue weighted by Gasteiger charge is -2.18. The van der Waals surface area contributed by atoms with Gasteiger partial charge in [-0.05, 0) is 102 Å². The Labute approximate surface area is 257 Å². The molecule has 1 nitrogen and oxygen atoms in total. The molecule has 0 bridgehead atoms. The van der Waals surface area contributed by atoms with Crippen LogP contribution >= 0.6 is 0 Å². The minimum Gasteiger partial charge on any atom is -0.456 e. The molecule has 206 valence electrons. The van der Waals surface area contributed by atoms with Crippen molar-refractivity contribution < 1.29 is 5.79 Å². The van der Waals surface area contributed by atoms with Gasteiger partial charge in [-0.25, -0.2) is 0 Å². The maximum absolute atomic E-state index is 7.99. The van der Waals surface area contributed by atoms with Crippen molar-refractivity contribution >= 4 is 54.3 Å². The SMILES string of the molecule is [2H]c1ccc2cc(-c3cccc(-c4c5ccccc5c(-c5cccc6oc7cc(C)ccc7c56)c5ccccc45)c3)ccc2c1. The van der Waals surface area contributed by atoms with Crippen molar-refractivity contribution in [1.29, 1.82) is 0 Å². The van der Waals surface area contributed by atoms with Gasteiger partial charge in [0.15, 0.2) is 0 Å². The summed E-state index contributed by atoms with van der Waals surface area (Å²) in [5.41, 5.74) is 10.2. The summed E-state index contributed by atoms with van der Waals surface area (Å²) in [4.78, 5) is 0. The van der Waals surface area contributed by atoms with Crippen LogP contribution in [0.3, 0.4) is 0 Å². The molecule has 0 unspecified atom stereocenters. The zero-order chi connectivity index (χ0) is 30.1. The van der Waals surface area contributed by atoms with Crippen molar-refractivity contribution in [3.05, 3.63) is 157 Å². The van der Waals surface area contributed by atoms with Crippen molar-refractivity contribution in [2.45, 2.75) is 6.92 Å². The minimum absolute atomic E-state index is 0.534. The van der Waals surface area contributed by atoms with Crippen molar-refractivity contribution in [2.24, 2.45) is 0 Å². The lowest BCUT2D eigenvalue weighted by Crippen LogP contribution is -1.91. The average molecular weight is 562 g/mol. The standard InChI is InChI=1S/C43H28O/c1-27-20-23-37-40(24-27)44-39-19-9-18-38(43(37)39)42-35-16-6-4-14-33(35)41(34-15-5-7-17-36(34)42)32-13-8-12-30(26-32)31-22-21-28-10-2-3-11-29(28)25-31/h2-26H,1H3/i2D. The van der Waals surface area contributed by atoms with E-state index in [0.29, 0.717) is 6.04 Å². The van der Waals surface area contributed by atoms with Crippen LogP contribution in [0.15, 0.2) is 156 Å². The lowest BCUT2D eigenvalue weighted by molar-refractivity contribution is 0.668. The molecule has 0 aliphatic rings. The zero-order valence-electron chi connectivity index (χ0n) is 25.3. The van der Waals surface area contributed by atoms with Crippen LogP contribution in [-0.2, 0) is 0 Å². The Morgan fingerprint density at radius 1 is 0.455 bits per heavy atom. The molecule has 0 radical (unpaired) electrons. The molecule has 9 aromatic rings. The van der Waals surface area contributed by atoms with Gasteiger partial charge in [-0.3, -0.25) is 0 Å². The topological polar surface area (TPSA) is 13.1 Å². The summed E-state index contributed by atoms with van der Waals surface area (Å²) in [6.45, 7) is 2.11. The first-order valence-electron chi connectivity index (χ1n) is 15.6. The van der Waals surface area contributed by atoms with Crippen molar-refractivity contribution in [3.8, 4) is 33.4 Å². The molecule has 9 rings (SSSR count). The molecule has 0 amide bonds. The third kappa shape index (κ3) is 3.80. The maximum Gasteiger partial charge on any atom is 0.136 e. The molecule has 0 saturated heterocycles. The largest absolute Gasteiger partial charge is 0.456 e. The van der Waals surface area contributed by atoms with Gasteiger partial charge in [0.05, 0.1) is 1.37 Å². The smallest absolute Gasteiger partial charge is 0.136 e. The van der Waals surface area contributed by atoms with E-state index in [9.17, 15) is 0 Å². The molecule has 0 aliphatic heterocycles. The molecule has 44 heavy (non-hydrogen) atoms. The molecule has 0 atom stereocenters. The van der Waals surface area contributed by atoms with Gasteiger partial charge in [0.1, 0.15) is 11.2 Å². The Hall–Kier alpha value is -5.66. The molecular weight excluding hydrogens is 532 g/mol. The Balaban J connectivity index is 1.32. The van der Waals surface area contributed by atoms with Crippen molar-refractivity contribution in [1.82, 2.24) is 0 Å². The van der Waals surface area contributed by atoms with Crippen LogP contribution in [-0.4, -0.2) is 0 Å². The summed E-state index contributed by atoms with van der Waals surface area (Å²) in [7, 11) is 0. The van der Waals surface area contributed by atoms with Crippen LogP contribution in [0.2, 0.25) is 0 Å². The van der Waals surface area contributed by atoms with E-state index < -0.39 is 0 Å². The Bertz CT molecular complexity index is 2570. The third-order valence-electron chi connectivity index (χ3n) is 9.02. The fourth-order valence-electron chi connectivity index (χ4n) is 7.03. The van der Waals surface area contributed by atoms with Gasteiger partial charge in [0.25, 0.3) is 0 Å². The average Bonchev–Trinajstić information content (AvgIpc) is 3.45. The second-order valence-corrected chi connectivity index (χ2v) is 11.7. The maximum atomic E-state index is 7.99. The second kappa shape index (κ2) is 9.69. The molecule has 1 aromatic heterocycles. The predicted octanol–water partition coefficient (Wildman–Crippen LogP) is 12.4. The first kappa shape index (κ1) is 23.9. The van der Waals surface area contributed by atoms with Crippen LogP contribution in [0.25, 0.3) is 87.6 Å². The highest BCUT2D eigenvalue weighted by Crippen LogP contribution is 2.47. The highest BCUT2D eigenvalue weighted by atomic mass is 16.3. The summed E-state index contributed by atoms with van der Waals surface area (Å²) in [5.74, 6) is 0. The lowest BCUT2D eigenvalue weighted by atomic mass is 9.84. The summed E-state index contributed by atoms with van der Waals surface area (Å²) in [6.07, 6.45) is 0. The highest BCUT2D eigenvalue weighted by Gasteiger charge is 2.20. The van der Waals surface area contributed by atoms with Crippen LogP contribution in [0.5, 0.6) is 0 Å². The van der Waals surface area contributed by atoms with Gasteiger partial charge < -0.3 is 4.42 Å². The monoisotopic (exact) mass is 561 g/mol. The molecule has 0 N–H and O–H groups in total. The molecule has 0 saturated carbocycles. The summed E-state index contributed by atoms with van der Waals surface area (Å²) in [5, 5.41) is 9.44. The van der Waals surface area contributed by atoms with E-state index in [1.807, 2.05) is 18.2 Å². The van der Waals surface area contributed by atoms with Crippen molar-refractivity contribution in [3.63, 3.8) is 0 Å². The quantitative estimate of drug-likeness (QED) is 0.196. The Morgan fingerprint density at radius 2 is 1.16 bits per heavy atom.